The molecular weight excluding hydrogens is 379 g/mol. The molecule has 0 spiro atoms. The summed E-state index contributed by atoms with van der Waals surface area (Å²) in [6.07, 6.45) is -0.753. The summed E-state index contributed by atoms with van der Waals surface area (Å²) in [6, 6.07) is 10.7. The molecule has 0 radical (unpaired) electrons. The van der Waals surface area contributed by atoms with Crippen molar-refractivity contribution in [2.75, 3.05) is 19.0 Å². The summed E-state index contributed by atoms with van der Waals surface area (Å²) in [5, 5.41) is 0. The molecule has 0 saturated heterocycles. The number of Topliss-reactive ketones (excluding diaryl/α,β-unsaturated/α-hetero) is 1. The molecule has 0 saturated carbocycles. The molecule has 7 heteroatoms. The number of benzene rings is 1. The Balaban J connectivity index is 1.90. The predicted octanol–water partition coefficient (Wildman–Crippen LogP) is 4.35. The lowest BCUT2D eigenvalue weighted by Crippen LogP contribution is -2.37. The Bertz CT molecular complexity index is 1030. The van der Waals surface area contributed by atoms with Gasteiger partial charge in [-0.05, 0) is 38.1 Å². The second kappa shape index (κ2) is 7.73. The van der Waals surface area contributed by atoms with E-state index in [1.54, 1.807) is 35.1 Å². The average molecular weight is 402 g/mol. The summed E-state index contributed by atoms with van der Waals surface area (Å²) in [6.45, 7) is 3.68. The highest BCUT2D eigenvalue weighted by molar-refractivity contribution is 5.96. The number of hydrogen-bond donors (Lipinski definition) is 0. The van der Waals surface area contributed by atoms with Crippen LogP contribution in [0, 0.1) is 13.8 Å². The lowest BCUT2D eigenvalue weighted by atomic mass is 10.1. The number of hydrogen-bond acceptors (Lipinski definition) is 2. The van der Waals surface area contributed by atoms with Crippen LogP contribution in [-0.4, -0.2) is 24.4 Å². The molecule has 29 heavy (non-hydrogen) atoms. The smallest absolute Gasteiger partial charge is 0.377 e. The first kappa shape index (κ1) is 20.6. The van der Waals surface area contributed by atoms with Crippen molar-refractivity contribution in [3.05, 3.63) is 77.4 Å². The second-order valence-electron chi connectivity index (χ2n) is 7.21. The number of aryl methyl sites for hydroxylation is 1. The Morgan fingerprint density at radius 2 is 1.72 bits per heavy atom. The van der Waals surface area contributed by atoms with Crippen LogP contribution in [0.25, 0.3) is 5.69 Å². The first-order valence-electron chi connectivity index (χ1n) is 9.14. The van der Waals surface area contributed by atoms with Crippen molar-refractivity contribution >= 4 is 11.5 Å². The first-order valence-corrected chi connectivity index (χ1v) is 9.14. The first-order chi connectivity index (χ1) is 13.6. The van der Waals surface area contributed by atoms with Gasteiger partial charge in [0.15, 0.2) is 12.4 Å². The van der Waals surface area contributed by atoms with Gasteiger partial charge in [-0.1, -0.05) is 6.07 Å². The van der Waals surface area contributed by atoms with Gasteiger partial charge >= 0.3 is 6.18 Å². The van der Waals surface area contributed by atoms with Gasteiger partial charge in [-0.2, -0.15) is 17.7 Å². The highest BCUT2D eigenvalue weighted by atomic mass is 19.4. The van der Waals surface area contributed by atoms with Gasteiger partial charge in [0, 0.05) is 54.6 Å². The van der Waals surface area contributed by atoms with E-state index in [2.05, 4.69) is 0 Å². The fraction of sp³-hybridized carbons (Fsp3) is 0.273. The minimum atomic E-state index is -4.42. The van der Waals surface area contributed by atoms with E-state index in [-0.39, 0.29) is 12.3 Å². The summed E-state index contributed by atoms with van der Waals surface area (Å²) in [5.74, 6) is -0.0982. The van der Waals surface area contributed by atoms with Crippen LogP contribution in [0.1, 0.15) is 27.3 Å². The highest BCUT2D eigenvalue weighted by Crippen LogP contribution is 2.31. The standard InChI is InChI=1S/C22H23F3N3O/c1-15-12-20(21(29)14-27-10-8-18(9-11-27)26(3)4)16(2)28(15)19-7-5-6-17(13-19)22(23,24)25/h5-13H,14H2,1-4H3/q+1. The van der Waals surface area contributed by atoms with Gasteiger partial charge in [0.2, 0.25) is 12.3 Å². The molecule has 0 amide bonds. The number of nitrogens with zero attached hydrogens (tertiary/aromatic N) is 3. The molecular formula is C22H23F3N3O+. The Hall–Kier alpha value is -3.09. The third kappa shape index (κ3) is 4.34. The minimum absolute atomic E-state index is 0.0982. The van der Waals surface area contributed by atoms with E-state index in [1.165, 1.54) is 6.07 Å². The van der Waals surface area contributed by atoms with Gasteiger partial charge in [0.1, 0.15) is 0 Å². The molecule has 0 atom stereocenters. The zero-order valence-electron chi connectivity index (χ0n) is 16.8. The van der Waals surface area contributed by atoms with Crippen molar-refractivity contribution in [3.8, 4) is 5.69 Å². The number of pyridine rings is 1. The Morgan fingerprint density at radius 1 is 1.07 bits per heavy atom. The van der Waals surface area contributed by atoms with Gasteiger partial charge < -0.3 is 9.47 Å². The van der Waals surface area contributed by atoms with Crippen LogP contribution >= 0.6 is 0 Å². The third-order valence-corrected chi connectivity index (χ3v) is 4.88. The van der Waals surface area contributed by atoms with Crippen molar-refractivity contribution in [1.82, 2.24) is 4.57 Å². The molecule has 0 aliphatic rings. The second-order valence-corrected chi connectivity index (χ2v) is 7.21. The Kier molecular flexibility index (Phi) is 5.50. The van der Waals surface area contributed by atoms with E-state index in [1.807, 2.05) is 43.5 Å². The highest BCUT2D eigenvalue weighted by Gasteiger charge is 2.31. The van der Waals surface area contributed by atoms with E-state index < -0.39 is 11.7 Å². The average Bonchev–Trinajstić information content (AvgIpc) is 2.96. The largest absolute Gasteiger partial charge is 0.416 e. The summed E-state index contributed by atoms with van der Waals surface area (Å²) < 4.78 is 42.7. The molecule has 2 aromatic heterocycles. The normalized spacial score (nSPS) is 11.6. The van der Waals surface area contributed by atoms with Crippen LogP contribution in [0.3, 0.4) is 0 Å². The molecule has 3 aromatic rings. The predicted molar refractivity (Wildman–Crippen MR) is 106 cm³/mol. The van der Waals surface area contributed by atoms with Gasteiger partial charge in [-0.25, -0.2) is 0 Å². The molecule has 0 aliphatic carbocycles. The van der Waals surface area contributed by atoms with Gasteiger partial charge in [-0.3, -0.25) is 4.79 Å². The summed E-state index contributed by atoms with van der Waals surface area (Å²) in [5.41, 5.74) is 2.53. The number of alkyl halides is 3. The van der Waals surface area contributed by atoms with Crippen LogP contribution in [0.5, 0.6) is 0 Å². The van der Waals surface area contributed by atoms with Gasteiger partial charge in [0.05, 0.1) is 5.56 Å². The number of anilines is 1. The number of carbonyl (C=O) groups excluding carboxylic acids is 1. The van der Waals surface area contributed by atoms with Gasteiger partial charge in [0.25, 0.3) is 0 Å². The van der Waals surface area contributed by atoms with E-state index in [9.17, 15) is 18.0 Å². The minimum Gasteiger partial charge on any atom is -0.377 e. The molecule has 2 heterocycles. The van der Waals surface area contributed by atoms with E-state index in [0.29, 0.717) is 22.6 Å². The molecule has 0 bridgehead atoms. The summed E-state index contributed by atoms with van der Waals surface area (Å²) in [4.78, 5) is 14.8. The maximum Gasteiger partial charge on any atom is 0.416 e. The quantitative estimate of drug-likeness (QED) is 0.469. The van der Waals surface area contributed by atoms with Crippen molar-refractivity contribution < 1.29 is 22.5 Å². The van der Waals surface area contributed by atoms with E-state index in [0.717, 1.165) is 17.8 Å². The van der Waals surface area contributed by atoms with Crippen molar-refractivity contribution in [2.45, 2.75) is 26.6 Å². The molecule has 3 rings (SSSR count). The fourth-order valence-corrected chi connectivity index (χ4v) is 3.37. The molecule has 0 N–H and O–H groups in total. The number of ketones is 1. The number of carbonyl (C=O) groups is 1. The third-order valence-electron chi connectivity index (χ3n) is 4.88. The zero-order chi connectivity index (χ0) is 21.3. The Labute approximate surface area is 167 Å². The number of halogens is 3. The maximum atomic E-state index is 13.1. The molecule has 0 unspecified atom stereocenters. The van der Waals surface area contributed by atoms with Crippen LogP contribution in [0.2, 0.25) is 0 Å². The van der Waals surface area contributed by atoms with Crippen LogP contribution in [0.15, 0.2) is 54.9 Å². The maximum absolute atomic E-state index is 13.1. The lowest BCUT2D eigenvalue weighted by Gasteiger charge is -2.13. The Morgan fingerprint density at radius 3 is 2.31 bits per heavy atom. The lowest BCUT2D eigenvalue weighted by molar-refractivity contribution is -0.683. The molecule has 0 aliphatic heterocycles. The van der Waals surface area contributed by atoms with Crippen LogP contribution in [-0.2, 0) is 12.7 Å². The fourth-order valence-electron chi connectivity index (χ4n) is 3.37. The monoisotopic (exact) mass is 402 g/mol. The molecule has 4 nitrogen and oxygen atoms in total. The van der Waals surface area contributed by atoms with Gasteiger partial charge in [-0.15, -0.1) is 0 Å². The van der Waals surface area contributed by atoms with Crippen LogP contribution in [0.4, 0.5) is 18.9 Å². The molecule has 152 valence electrons. The van der Waals surface area contributed by atoms with Crippen molar-refractivity contribution in [2.24, 2.45) is 0 Å². The topological polar surface area (TPSA) is 29.1 Å². The number of rotatable bonds is 5. The van der Waals surface area contributed by atoms with E-state index >= 15 is 0 Å². The number of aromatic nitrogens is 2. The summed E-state index contributed by atoms with van der Waals surface area (Å²) in [7, 11) is 3.88. The van der Waals surface area contributed by atoms with Crippen molar-refractivity contribution in [1.29, 1.82) is 0 Å². The summed E-state index contributed by atoms with van der Waals surface area (Å²) >= 11 is 0. The van der Waals surface area contributed by atoms with E-state index in [4.69, 9.17) is 0 Å². The van der Waals surface area contributed by atoms with Crippen molar-refractivity contribution in [3.63, 3.8) is 0 Å². The van der Waals surface area contributed by atoms with Crippen LogP contribution < -0.4 is 9.47 Å². The zero-order valence-corrected chi connectivity index (χ0v) is 16.8. The molecule has 0 fully saturated rings. The SMILES string of the molecule is Cc1cc(C(=O)C[n+]2ccc(N(C)C)cc2)c(C)n1-c1cccc(C(F)(F)F)c1. The molecule has 1 aromatic carbocycles.